The lowest BCUT2D eigenvalue weighted by atomic mass is 9.91. The molecule has 150 valence electrons. The van der Waals surface area contributed by atoms with E-state index in [1.54, 1.807) is 0 Å². The Labute approximate surface area is 174 Å². The van der Waals surface area contributed by atoms with Gasteiger partial charge in [-0.15, -0.1) is 0 Å². The number of aldehydes is 1. The number of nitrogens with two attached hydrogens (primary N) is 2. The molecule has 0 unspecified atom stereocenters. The molecule has 29 heavy (non-hydrogen) atoms. The summed E-state index contributed by atoms with van der Waals surface area (Å²) in [5.74, 6) is 0. The van der Waals surface area contributed by atoms with Crippen LogP contribution in [0.25, 0.3) is 0 Å². The molecule has 0 atom stereocenters. The zero-order valence-corrected chi connectivity index (χ0v) is 17.6. The van der Waals surface area contributed by atoms with Crippen molar-refractivity contribution in [1.82, 2.24) is 0 Å². The Morgan fingerprint density at radius 1 is 0.690 bits per heavy atom. The summed E-state index contributed by atoms with van der Waals surface area (Å²) in [6.07, 6.45) is 6.71. The van der Waals surface area contributed by atoms with E-state index in [0.717, 1.165) is 30.0 Å². The van der Waals surface area contributed by atoms with Crippen molar-refractivity contribution in [1.29, 1.82) is 0 Å². The summed E-state index contributed by atoms with van der Waals surface area (Å²) < 4.78 is 0. The van der Waals surface area contributed by atoms with Gasteiger partial charge in [0, 0.05) is 5.56 Å². The van der Waals surface area contributed by atoms with Gasteiger partial charge in [0.05, 0.1) is 5.66 Å². The Balaban J connectivity index is 0.000000252. The summed E-state index contributed by atoms with van der Waals surface area (Å²) in [6, 6.07) is 28.7. The van der Waals surface area contributed by atoms with Crippen molar-refractivity contribution in [3.63, 3.8) is 0 Å². The van der Waals surface area contributed by atoms with E-state index in [1.807, 2.05) is 30.3 Å². The molecule has 0 aliphatic heterocycles. The van der Waals surface area contributed by atoms with Crippen LogP contribution in [0, 0.1) is 0 Å². The van der Waals surface area contributed by atoms with Gasteiger partial charge in [0.25, 0.3) is 0 Å². The highest BCUT2D eigenvalue weighted by Gasteiger charge is 2.21. The van der Waals surface area contributed by atoms with E-state index in [0.29, 0.717) is 0 Å². The van der Waals surface area contributed by atoms with Gasteiger partial charge < -0.3 is 11.5 Å². The summed E-state index contributed by atoms with van der Waals surface area (Å²) >= 11 is 0. The maximum Gasteiger partial charge on any atom is 0.150 e. The summed E-state index contributed by atoms with van der Waals surface area (Å²) in [6.45, 7) is 0. The van der Waals surface area contributed by atoms with Crippen molar-refractivity contribution in [2.45, 2.75) is 37.8 Å². The molecule has 3 aromatic carbocycles. The molecule has 4 heteroatoms. The Morgan fingerprint density at radius 3 is 1.62 bits per heavy atom. The largest absolute Gasteiger partial charge is 0.313 e. The van der Waals surface area contributed by atoms with Gasteiger partial charge in [-0.1, -0.05) is 104 Å². The van der Waals surface area contributed by atoms with Crippen molar-refractivity contribution >= 4 is 30.1 Å². The smallest absolute Gasteiger partial charge is 0.150 e. The summed E-state index contributed by atoms with van der Waals surface area (Å²) in [5.41, 5.74) is 11.8. The standard InChI is InChI=1S/C19H15OP.C6H14N2/c20-15-16-9-7-8-14-19(16)21(17-10-3-1-4-11-17)18-12-5-2-6-13-18;7-6(8)4-2-1-3-5-6/h1-15H;1-5,7-8H2. The average molecular weight is 404 g/mol. The number of hydrogen-bond acceptors (Lipinski definition) is 3. The van der Waals surface area contributed by atoms with E-state index in [9.17, 15) is 4.79 Å². The molecule has 0 amide bonds. The fourth-order valence-corrected chi connectivity index (χ4v) is 6.00. The number of hydrogen-bond donors (Lipinski definition) is 2. The highest BCUT2D eigenvalue weighted by Crippen LogP contribution is 2.33. The molecule has 1 aliphatic rings. The number of carbonyl (C=O) groups excluding carboxylic acids is 1. The molecular formula is C25H29N2OP. The van der Waals surface area contributed by atoms with Crippen LogP contribution in [0.1, 0.15) is 42.5 Å². The first-order valence-corrected chi connectivity index (χ1v) is 11.5. The molecule has 4 rings (SSSR count). The predicted molar refractivity (Wildman–Crippen MR) is 125 cm³/mol. The van der Waals surface area contributed by atoms with Crippen LogP contribution in [0.5, 0.6) is 0 Å². The van der Waals surface area contributed by atoms with Crippen LogP contribution in [-0.4, -0.2) is 11.9 Å². The minimum atomic E-state index is -0.704. The van der Waals surface area contributed by atoms with Gasteiger partial charge in [0.2, 0.25) is 0 Å². The fraction of sp³-hybridized carbons (Fsp3) is 0.240. The monoisotopic (exact) mass is 404 g/mol. The molecule has 1 aliphatic carbocycles. The van der Waals surface area contributed by atoms with Crippen molar-refractivity contribution in [3.05, 3.63) is 90.5 Å². The van der Waals surface area contributed by atoms with Gasteiger partial charge in [0.1, 0.15) is 0 Å². The normalized spacial score (nSPS) is 15.3. The first-order chi connectivity index (χ1) is 14.1. The molecular weight excluding hydrogens is 375 g/mol. The molecule has 3 aromatic rings. The number of carbonyl (C=O) groups is 1. The first-order valence-electron chi connectivity index (χ1n) is 10.1. The van der Waals surface area contributed by atoms with E-state index in [-0.39, 0.29) is 5.66 Å². The summed E-state index contributed by atoms with van der Waals surface area (Å²) in [5, 5.41) is 3.63. The topological polar surface area (TPSA) is 69.1 Å². The zero-order chi connectivity index (χ0) is 20.5. The summed E-state index contributed by atoms with van der Waals surface area (Å²) in [4.78, 5) is 11.4. The third-order valence-electron chi connectivity index (χ3n) is 5.12. The Morgan fingerprint density at radius 2 is 1.17 bits per heavy atom. The van der Waals surface area contributed by atoms with Gasteiger partial charge in [-0.05, 0) is 36.7 Å². The number of benzene rings is 3. The second kappa shape index (κ2) is 10.5. The second-order valence-corrected chi connectivity index (χ2v) is 9.66. The molecule has 0 saturated heterocycles. The van der Waals surface area contributed by atoms with Gasteiger partial charge in [-0.2, -0.15) is 0 Å². The maximum absolute atomic E-state index is 11.4. The predicted octanol–water partition coefficient (Wildman–Crippen LogP) is 3.82. The first kappa shape index (κ1) is 21.4. The average Bonchev–Trinajstić information content (AvgIpc) is 2.76. The SMILES string of the molecule is NC1(N)CCCCC1.O=Cc1ccccc1P(c1ccccc1)c1ccccc1. The van der Waals surface area contributed by atoms with E-state index in [4.69, 9.17) is 11.5 Å². The minimum Gasteiger partial charge on any atom is -0.313 e. The van der Waals surface area contributed by atoms with E-state index in [2.05, 4.69) is 54.6 Å². The minimum absolute atomic E-state index is 0.321. The van der Waals surface area contributed by atoms with Crippen LogP contribution in [0.3, 0.4) is 0 Å². The van der Waals surface area contributed by atoms with Crippen LogP contribution in [-0.2, 0) is 0 Å². The molecule has 4 N–H and O–H groups in total. The van der Waals surface area contributed by atoms with Gasteiger partial charge in [0.15, 0.2) is 6.29 Å². The van der Waals surface area contributed by atoms with Crippen LogP contribution < -0.4 is 27.4 Å². The van der Waals surface area contributed by atoms with Crippen molar-refractivity contribution < 1.29 is 4.79 Å². The highest BCUT2D eigenvalue weighted by molar-refractivity contribution is 7.80. The molecule has 0 radical (unpaired) electrons. The molecule has 0 spiro atoms. The van der Waals surface area contributed by atoms with Gasteiger partial charge >= 0.3 is 0 Å². The van der Waals surface area contributed by atoms with Crippen molar-refractivity contribution in [2.24, 2.45) is 11.5 Å². The van der Waals surface area contributed by atoms with Crippen LogP contribution in [0.15, 0.2) is 84.9 Å². The van der Waals surface area contributed by atoms with Gasteiger partial charge in [-0.25, -0.2) is 0 Å². The van der Waals surface area contributed by atoms with Crippen LogP contribution in [0.2, 0.25) is 0 Å². The quantitative estimate of drug-likeness (QED) is 0.395. The van der Waals surface area contributed by atoms with Crippen LogP contribution in [0.4, 0.5) is 0 Å². The third kappa shape index (κ3) is 6.08. The lowest BCUT2D eigenvalue weighted by Crippen LogP contribution is -2.50. The van der Waals surface area contributed by atoms with E-state index >= 15 is 0 Å². The van der Waals surface area contributed by atoms with Crippen LogP contribution >= 0.6 is 7.92 Å². The highest BCUT2D eigenvalue weighted by atomic mass is 31.1. The summed E-state index contributed by atoms with van der Waals surface area (Å²) in [7, 11) is -0.704. The van der Waals surface area contributed by atoms with Gasteiger partial charge in [-0.3, -0.25) is 4.79 Å². The molecule has 1 saturated carbocycles. The van der Waals surface area contributed by atoms with Crippen molar-refractivity contribution in [2.75, 3.05) is 0 Å². The Hall–Kier alpha value is -2.32. The zero-order valence-electron chi connectivity index (χ0n) is 16.7. The van der Waals surface area contributed by atoms with Crippen molar-refractivity contribution in [3.8, 4) is 0 Å². The fourth-order valence-electron chi connectivity index (χ4n) is 3.58. The molecule has 1 fully saturated rings. The van der Waals surface area contributed by atoms with E-state index < -0.39 is 7.92 Å². The molecule has 0 heterocycles. The Kier molecular flexibility index (Phi) is 7.71. The van der Waals surface area contributed by atoms with E-state index in [1.165, 1.54) is 29.9 Å². The lowest BCUT2D eigenvalue weighted by molar-refractivity contribution is 0.112. The molecule has 0 aromatic heterocycles. The second-order valence-electron chi connectivity index (χ2n) is 7.48. The molecule has 0 bridgehead atoms. The Bertz CT molecular complexity index is 849. The third-order valence-corrected chi connectivity index (χ3v) is 7.64. The maximum atomic E-state index is 11.4. The molecule has 3 nitrogen and oxygen atoms in total. The number of rotatable bonds is 4. The lowest BCUT2D eigenvalue weighted by Gasteiger charge is -2.28.